The molecule has 0 spiro atoms. The minimum atomic E-state index is 0.292. The molecular formula is C16H37N3. The summed E-state index contributed by atoms with van der Waals surface area (Å²) in [7, 11) is 0. The van der Waals surface area contributed by atoms with Crippen LogP contribution in [0.15, 0.2) is 0 Å². The monoisotopic (exact) mass is 271 g/mol. The molecule has 0 rings (SSSR count). The van der Waals surface area contributed by atoms with Crippen molar-refractivity contribution in [2.45, 2.75) is 90.1 Å². The molecule has 0 radical (unpaired) electrons. The predicted molar refractivity (Wildman–Crippen MR) is 86.3 cm³/mol. The van der Waals surface area contributed by atoms with Crippen LogP contribution in [0, 0.1) is 0 Å². The molecule has 0 aromatic carbocycles. The lowest BCUT2D eigenvalue weighted by Gasteiger charge is -2.15. The summed E-state index contributed by atoms with van der Waals surface area (Å²) in [4.78, 5) is 0. The number of nitrogens with two attached hydrogens (primary N) is 2. The Balaban J connectivity index is 3.23. The zero-order valence-electron chi connectivity index (χ0n) is 13.3. The molecule has 116 valence electrons. The van der Waals surface area contributed by atoms with E-state index < -0.39 is 0 Å². The molecule has 0 aliphatic heterocycles. The molecule has 3 nitrogen and oxygen atoms in total. The van der Waals surface area contributed by atoms with Crippen molar-refractivity contribution in [3.8, 4) is 0 Å². The fraction of sp³-hybridized carbons (Fsp3) is 1.00. The van der Waals surface area contributed by atoms with Gasteiger partial charge in [-0.05, 0) is 45.7 Å². The minimum Gasteiger partial charge on any atom is -0.330 e. The smallest absolute Gasteiger partial charge is 0.00513 e. The van der Waals surface area contributed by atoms with Crippen LogP contribution in [0.5, 0.6) is 0 Å². The Labute approximate surface area is 120 Å². The number of hydrogen-bond donors (Lipinski definition) is 3. The predicted octanol–water partition coefficient (Wildman–Crippen LogP) is 3.17. The number of hydrogen-bond acceptors (Lipinski definition) is 3. The molecule has 0 saturated carbocycles. The average molecular weight is 271 g/mol. The second kappa shape index (κ2) is 14.3. The van der Waals surface area contributed by atoms with Crippen molar-refractivity contribution in [1.29, 1.82) is 0 Å². The maximum Gasteiger partial charge on any atom is 0.00513 e. The minimum absolute atomic E-state index is 0.292. The topological polar surface area (TPSA) is 64.1 Å². The van der Waals surface area contributed by atoms with Crippen LogP contribution in [0.1, 0.15) is 78.1 Å². The molecule has 19 heavy (non-hydrogen) atoms. The van der Waals surface area contributed by atoms with Gasteiger partial charge in [0.25, 0.3) is 0 Å². The maximum absolute atomic E-state index is 5.93. The van der Waals surface area contributed by atoms with E-state index in [-0.39, 0.29) is 0 Å². The lowest BCUT2D eigenvalue weighted by molar-refractivity contribution is 0.457. The van der Waals surface area contributed by atoms with E-state index in [4.69, 9.17) is 11.5 Å². The van der Waals surface area contributed by atoms with Gasteiger partial charge in [-0.15, -0.1) is 0 Å². The molecule has 0 amide bonds. The normalized spacial score (nSPS) is 14.5. The fourth-order valence-electron chi connectivity index (χ4n) is 2.40. The van der Waals surface area contributed by atoms with Crippen LogP contribution in [-0.2, 0) is 0 Å². The lowest BCUT2D eigenvalue weighted by Crippen LogP contribution is -2.29. The van der Waals surface area contributed by atoms with Gasteiger partial charge in [-0.25, -0.2) is 0 Å². The Morgan fingerprint density at radius 3 is 2.26 bits per heavy atom. The van der Waals surface area contributed by atoms with Crippen molar-refractivity contribution in [3.05, 3.63) is 0 Å². The summed E-state index contributed by atoms with van der Waals surface area (Å²) in [6, 6.07) is 0.942. The lowest BCUT2D eigenvalue weighted by atomic mass is 10.1. The van der Waals surface area contributed by atoms with Gasteiger partial charge in [0, 0.05) is 12.1 Å². The van der Waals surface area contributed by atoms with Crippen LogP contribution in [0.2, 0.25) is 0 Å². The quantitative estimate of drug-likeness (QED) is 0.425. The summed E-state index contributed by atoms with van der Waals surface area (Å²) in [6.07, 6.45) is 12.8. The molecule has 0 saturated heterocycles. The summed E-state index contributed by atoms with van der Waals surface area (Å²) < 4.78 is 0. The van der Waals surface area contributed by atoms with Gasteiger partial charge in [-0.3, -0.25) is 0 Å². The van der Waals surface area contributed by atoms with Crippen LogP contribution < -0.4 is 16.8 Å². The molecular weight excluding hydrogens is 234 g/mol. The largest absolute Gasteiger partial charge is 0.330 e. The second-order valence-corrected chi connectivity index (χ2v) is 5.89. The van der Waals surface area contributed by atoms with Crippen LogP contribution in [0.3, 0.4) is 0 Å². The van der Waals surface area contributed by atoms with Gasteiger partial charge >= 0.3 is 0 Å². The number of rotatable bonds is 14. The average Bonchev–Trinajstić information content (AvgIpc) is 2.39. The van der Waals surface area contributed by atoms with Gasteiger partial charge in [0.2, 0.25) is 0 Å². The molecule has 0 aromatic rings. The first-order valence-corrected chi connectivity index (χ1v) is 8.39. The third-order valence-corrected chi connectivity index (χ3v) is 3.77. The van der Waals surface area contributed by atoms with Crippen LogP contribution >= 0.6 is 0 Å². The standard InChI is InChI=1S/C16H37N3/c1-3-4-5-6-7-8-10-15(2)19-14-9-11-16(18)12-13-17/h15-16,19H,3-14,17-18H2,1-2H3. The van der Waals surface area contributed by atoms with E-state index in [2.05, 4.69) is 19.2 Å². The van der Waals surface area contributed by atoms with Gasteiger partial charge in [-0.1, -0.05) is 45.4 Å². The Morgan fingerprint density at radius 2 is 1.58 bits per heavy atom. The third-order valence-electron chi connectivity index (χ3n) is 3.77. The Kier molecular flexibility index (Phi) is 14.2. The number of nitrogens with one attached hydrogen (secondary N) is 1. The van der Waals surface area contributed by atoms with Crippen molar-refractivity contribution in [2.24, 2.45) is 11.5 Å². The van der Waals surface area contributed by atoms with Crippen molar-refractivity contribution >= 4 is 0 Å². The first-order valence-electron chi connectivity index (χ1n) is 8.39. The van der Waals surface area contributed by atoms with Crippen LogP contribution in [-0.4, -0.2) is 25.2 Å². The Hall–Kier alpha value is -0.120. The van der Waals surface area contributed by atoms with E-state index in [0.29, 0.717) is 18.6 Å². The highest BCUT2D eigenvalue weighted by Gasteiger charge is 2.03. The molecule has 0 heterocycles. The van der Waals surface area contributed by atoms with E-state index in [1.807, 2.05) is 0 Å². The van der Waals surface area contributed by atoms with Gasteiger partial charge < -0.3 is 16.8 Å². The zero-order valence-corrected chi connectivity index (χ0v) is 13.3. The molecule has 3 heteroatoms. The zero-order chi connectivity index (χ0) is 14.3. The first kappa shape index (κ1) is 18.9. The Morgan fingerprint density at radius 1 is 0.895 bits per heavy atom. The fourth-order valence-corrected chi connectivity index (χ4v) is 2.40. The van der Waals surface area contributed by atoms with Crippen LogP contribution in [0.25, 0.3) is 0 Å². The van der Waals surface area contributed by atoms with Crippen LogP contribution in [0.4, 0.5) is 0 Å². The summed E-state index contributed by atoms with van der Waals surface area (Å²) in [6.45, 7) is 6.37. The van der Waals surface area contributed by atoms with E-state index in [1.54, 1.807) is 0 Å². The molecule has 0 aliphatic rings. The molecule has 0 aromatic heterocycles. The first-order chi connectivity index (χ1) is 9.20. The van der Waals surface area contributed by atoms with E-state index in [0.717, 1.165) is 19.4 Å². The SMILES string of the molecule is CCCCCCCCC(C)NCCCC(N)CCN. The van der Waals surface area contributed by atoms with Crippen molar-refractivity contribution < 1.29 is 0 Å². The highest BCUT2D eigenvalue weighted by Crippen LogP contribution is 2.08. The van der Waals surface area contributed by atoms with Crippen molar-refractivity contribution in [3.63, 3.8) is 0 Å². The molecule has 0 aliphatic carbocycles. The second-order valence-electron chi connectivity index (χ2n) is 5.89. The van der Waals surface area contributed by atoms with E-state index in [9.17, 15) is 0 Å². The molecule has 5 N–H and O–H groups in total. The van der Waals surface area contributed by atoms with Crippen molar-refractivity contribution in [2.75, 3.05) is 13.1 Å². The highest BCUT2D eigenvalue weighted by molar-refractivity contribution is 4.65. The van der Waals surface area contributed by atoms with E-state index in [1.165, 1.54) is 51.4 Å². The summed E-state index contributed by atoms with van der Waals surface area (Å²) in [5, 5.41) is 3.60. The summed E-state index contributed by atoms with van der Waals surface area (Å²) in [5.74, 6) is 0. The summed E-state index contributed by atoms with van der Waals surface area (Å²) >= 11 is 0. The van der Waals surface area contributed by atoms with E-state index >= 15 is 0 Å². The van der Waals surface area contributed by atoms with Gasteiger partial charge in [0.05, 0.1) is 0 Å². The third kappa shape index (κ3) is 14.1. The molecule has 2 unspecified atom stereocenters. The molecule has 2 atom stereocenters. The number of unbranched alkanes of at least 4 members (excludes halogenated alkanes) is 5. The Bertz CT molecular complexity index is 173. The van der Waals surface area contributed by atoms with Crippen molar-refractivity contribution in [1.82, 2.24) is 5.32 Å². The summed E-state index contributed by atoms with van der Waals surface area (Å²) in [5.41, 5.74) is 11.4. The molecule has 0 bridgehead atoms. The van der Waals surface area contributed by atoms with Gasteiger partial charge in [0.1, 0.15) is 0 Å². The maximum atomic E-state index is 5.93. The van der Waals surface area contributed by atoms with Gasteiger partial charge in [0.15, 0.2) is 0 Å². The molecule has 0 fully saturated rings. The van der Waals surface area contributed by atoms with Gasteiger partial charge in [-0.2, -0.15) is 0 Å². The highest BCUT2D eigenvalue weighted by atomic mass is 14.9.